The highest BCUT2D eigenvalue weighted by atomic mass is 16.6. The molecule has 0 unspecified atom stereocenters. The fraction of sp³-hybridized carbons (Fsp3) is 0.150. The van der Waals surface area contributed by atoms with Gasteiger partial charge in [0.25, 0.3) is 0 Å². The maximum Gasteiger partial charge on any atom is 0.342 e. The van der Waals surface area contributed by atoms with Crippen molar-refractivity contribution in [1.29, 1.82) is 0 Å². The lowest BCUT2D eigenvalue weighted by molar-refractivity contribution is -0.392. The van der Waals surface area contributed by atoms with Crippen molar-refractivity contribution < 1.29 is 24.4 Å². The van der Waals surface area contributed by atoms with E-state index in [1.54, 1.807) is 49.4 Å². The van der Waals surface area contributed by atoms with Crippen LogP contribution in [0.3, 0.4) is 0 Å². The van der Waals surface area contributed by atoms with Gasteiger partial charge in [-0.05, 0) is 35.3 Å². The van der Waals surface area contributed by atoms with E-state index in [1.807, 2.05) is 0 Å². The van der Waals surface area contributed by atoms with Crippen LogP contribution >= 0.6 is 0 Å². The number of aryl methyl sites for hydroxylation is 1. The fourth-order valence-corrected chi connectivity index (χ4v) is 2.44. The highest BCUT2D eigenvalue weighted by Gasteiger charge is 2.17. The molecule has 1 aromatic heterocycles. The minimum atomic E-state index is -0.952. The van der Waals surface area contributed by atoms with Crippen LogP contribution in [0.4, 0.5) is 11.5 Å². The van der Waals surface area contributed by atoms with E-state index in [2.05, 4.69) is 4.98 Å². The number of aromatic carboxylic acids is 1. The number of benzene rings is 2. The second-order valence-corrected chi connectivity index (χ2v) is 6.00. The van der Waals surface area contributed by atoms with Crippen LogP contribution in [0.5, 0.6) is 0 Å². The number of imidazole rings is 1. The predicted octanol–water partition coefficient (Wildman–Crippen LogP) is 2.92. The summed E-state index contributed by atoms with van der Waals surface area (Å²) in [5.74, 6) is -1.01. The largest absolute Gasteiger partial charge is 0.478 e. The minimum absolute atomic E-state index is 0.0474. The van der Waals surface area contributed by atoms with Crippen LogP contribution in [-0.2, 0) is 11.3 Å². The molecule has 1 heterocycles. The molecule has 2 aromatic carbocycles. The Balaban J connectivity index is 0.000000269. The topological polar surface area (TPSA) is 151 Å². The van der Waals surface area contributed by atoms with E-state index in [0.717, 1.165) is 0 Å². The quantitative estimate of drug-likeness (QED) is 0.271. The third kappa shape index (κ3) is 6.16. The van der Waals surface area contributed by atoms with Gasteiger partial charge in [0.2, 0.25) is 0 Å². The van der Waals surface area contributed by atoms with E-state index in [4.69, 9.17) is 15.6 Å². The Bertz CT molecular complexity index is 1030. The Labute approximate surface area is 171 Å². The van der Waals surface area contributed by atoms with Gasteiger partial charge in [-0.1, -0.05) is 24.3 Å². The zero-order valence-electron chi connectivity index (χ0n) is 16.1. The molecule has 3 rings (SSSR count). The van der Waals surface area contributed by atoms with E-state index in [9.17, 15) is 19.7 Å². The number of nitrogens with zero attached hydrogens (tertiary/aromatic N) is 3. The highest BCUT2D eigenvalue weighted by Crippen LogP contribution is 2.13. The SMILES string of the molecule is Cc1ncc([N+](=O)[O-])n1CCOC(=O)c1ccccc1.Nc1cccc(C(=O)O)c1. The number of nitro groups is 1. The first kappa shape index (κ1) is 22.1. The molecule has 0 bridgehead atoms. The second kappa shape index (κ2) is 10.4. The van der Waals surface area contributed by atoms with Crippen LogP contribution < -0.4 is 5.73 Å². The molecule has 10 heteroatoms. The number of carboxylic acid groups (broad SMARTS) is 1. The molecule has 0 saturated heterocycles. The molecule has 0 aliphatic rings. The molecule has 0 spiro atoms. The number of ether oxygens (including phenoxy) is 1. The van der Waals surface area contributed by atoms with Gasteiger partial charge >= 0.3 is 17.8 Å². The third-order valence-corrected chi connectivity index (χ3v) is 3.91. The number of carbonyl (C=O) groups is 2. The molecular formula is C20H20N4O6. The summed E-state index contributed by atoms with van der Waals surface area (Å²) >= 11 is 0. The standard InChI is InChI=1S/C13H13N3O4.C7H7NO2/c1-10-14-9-12(16(18)19)15(10)7-8-20-13(17)11-5-3-2-4-6-11;8-6-3-1-2-5(4-6)7(9)10/h2-6,9H,7-8H2,1H3;1-4H,8H2,(H,9,10). The molecule has 0 saturated carbocycles. The smallest absolute Gasteiger partial charge is 0.342 e. The first-order chi connectivity index (χ1) is 14.3. The molecular weight excluding hydrogens is 392 g/mol. The number of anilines is 1. The maximum atomic E-state index is 11.7. The Morgan fingerprint density at radius 3 is 2.40 bits per heavy atom. The molecule has 3 N–H and O–H groups in total. The van der Waals surface area contributed by atoms with Crippen molar-refractivity contribution in [1.82, 2.24) is 9.55 Å². The van der Waals surface area contributed by atoms with Gasteiger partial charge in [-0.2, -0.15) is 0 Å². The number of hydrogen-bond donors (Lipinski definition) is 2. The summed E-state index contributed by atoms with van der Waals surface area (Å²) < 4.78 is 6.48. The van der Waals surface area contributed by atoms with Crippen molar-refractivity contribution in [2.45, 2.75) is 13.5 Å². The molecule has 156 valence electrons. The van der Waals surface area contributed by atoms with Crippen LogP contribution in [0.2, 0.25) is 0 Å². The highest BCUT2D eigenvalue weighted by molar-refractivity contribution is 5.89. The molecule has 0 aliphatic heterocycles. The summed E-state index contributed by atoms with van der Waals surface area (Å²) in [4.78, 5) is 36.1. The zero-order chi connectivity index (χ0) is 22.1. The summed E-state index contributed by atoms with van der Waals surface area (Å²) in [5.41, 5.74) is 6.48. The van der Waals surface area contributed by atoms with Gasteiger partial charge < -0.3 is 25.7 Å². The van der Waals surface area contributed by atoms with Crippen LogP contribution in [0.15, 0.2) is 60.8 Å². The average Bonchev–Trinajstić information content (AvgIpc) is 3.10. The number of esters is 1. The molecule has 0 atom stereocenters. The minimum Gasteiger partial charge on any atom is -0.478 e. The number of carboxylic acids is 1. The number of aromatic nitrogens is 2. The zero-order valence-corrected chi connectivity index (χ0v) is 16.1. The molecule has 0 fully saturated rings. The number of nitrogen functional groups attached to an aromatic ring is 1. The number of carbonyl (C=O) groups excluding carboxylic acids is 1. The lowest BCUT2D eigenvalue weighted by Crippen LogP contribution is -2.13. The lowest BCUT2D eigenvalue weighted by atomic mass is 10.2. The van der Waals surface area contributed by atoms with Crippen LogP contribution in [0, 0.1) is 17.0 Å². The van der Waals surface area contributed by atoms with E-state index in [0.29, 0.717) is 17.1 Å². The van der Waals surface area contributed by atoms with E-state index >= 15 is 0 Å². The van der Waals surface area contributed by atoms with Crippen LogP contribution in [0.1, 0.15) is 26.5 Å². The maximum absolute atomic E-state index is 11.7. The average molecular weight is 412 g/mol. The number of rotatable bonds is 6. The lowest BCUT2D eigenvalue weighted by Gasteiger charge is -2.05. The number of nitrogens with two attached hydrogens (primary N) is 1. The van der Waals surface area contributed by atoms with Gasteiger partial charge in [-0.25, -0.2) is 19.1 Å². The first-order valence-electron chi connectivity index (χ1n) is 8.77. The molecule has 0 radical (unpaired) electrons. The first-order valence-corrected chi connectivity index (χ1v) is 8.77. The molecule has 0 aliphatic carbocycles. The molecule has 3 aromatic rings. The Hall–Kier alpha value is -4.21. The second-order valence-electron chi connectivity index (χ2n) is 6.00. The van der Waals surface area contributed by atoms with Gasteiger partial charge in [0.1, 0.15) is 19.3 Å². The third-order valence-electron chi connectivity index (χ3n) is 3.91. The van der Waals surface area contributed by atoms with Crippen molar-refractivity contribution in [3.8, 4) is 0 Å². The predicted molar refractivity (Wildman–Crippen MR) is 108 cm³/mol. The number of hydrogen-bond acceptors (Lipinski definition) is 7. The molecule has 10 nitrogen and oxygen atoms in total. The Morgan fingerprint density at radius 2 is 1.83 bits per heavy atom. The van der Waals surface area contributed by atoms with Gasteiger partial charge in [0, 0.05) is 12.6 Å². The summed E-state index contributed by atoms with van der Waals surface area (Å²) in [7, 11) is 0. The van der Waals surface area contributed by atoms with Crippen LogP contribution in [0.25, 0.3) is 0 Å². The van der Waals surface area contributed by atoms with E-state index in [-0.39, 0.29) is 24.5 Å². The van der Waals surface area contributed by atoms with Crippen molar-refractivity contribution in [3.63, 3.8) is 0 Å². The molecule has 0 amide bonds. The van der Waals surface area contributed by atoms with Crippen molar-refractivity contribution in [3.05, 3.63) is 87.9 Å². The van der Waals surface area contributed by atoms with Gasteiger partial charge in [0.05, 0.1) is 11.1 Å². The van der Waals surface area contributed by atoms with Gasteiger partial charge in [-0.15, -0.1) is 0 Å². The van der Waals surface area contributed by atoms with Gasteiger partial charge in [0.15, 0.2) is 5.82 Å². The Morgan fingerprint density at radius 1 is 1.17 bits per heavy atom. The molecule has 30 heavy (non-hydrogen) atoms. The monoisotopic (exact) mass is 412 g/mol. The van der Waals surface area contributed by atoms with Crippen molar-refractivity contribution in [2.24, 2.45) is 0 Å². The van der Waals surface area contributed by atoms with Crippen molar-refractivity contribution in [2.75, 3.05) is 12.3 Å². The normalized spacial score (nSPS) is 9.90. The summed E-state index contributed by atoms with van der Waals surface area (Å²) in [6, 6.07) is 14.7. The summed E-state index contributed by atoms with van der Waals surface area (Å²) in [6.07, 6.45) is 1.19. The summed E-state index contributed by atoms with van der Waals surface area (Å²) in [5, 5.41) is 19.2. The summed E-state index contributed by atoms with van der Waals surface area (Å²) in [6.45, 7) is 1.90. The van der Waals surface area contributed by atoms with E-state index in [1.165, 1.54) is 22.9 Å². The fourth-order valence-electron chi connectivity index (χ4n) is 2.44. The van der Waals surface area contributed by atoms with Crippen molar-refractivity contribution >= 4 is 23.4 Å². The van der Waals surface area contributed by atoms with E-state index < -0.39 is 16.9 Å². The van der Waals surface area contributed by atoms with Crippen LogP contribution in [-0.4, -0.2) is 38.1 Å². The Kier molecular flexibility index (Phi) is 7.63. The van der Waals surface area contributed by atoms with Gasteiger partial charge in [-0.3, -0.25) is 0 Å².